The van der Waals surface area contributed by atoms with Crippen molar-refractivity contribution in [3.05, 3.63) is 0 Å². The summed E-state index contributed by atoms with van der Waals surface area (Å²) >= 11 is 0. The average molecular weight is 318 g/mol. The summed E-state index contributed by atoms with van der Waals surface area (Å²) in [6.45, 7) is -0.978. The minimum atomic E-state index is -5.09. The van der Waals surface area contributed by atoms with Crippen LogP contribution in [0.2, 0.25) is 0 Å². The van der Waals surface area contributed by atoms with Gasteiger partial charge in [-0.2, -0.15) is 0 Å². The van der Waals surface area contributed by atoms with Crippen molar-refractivity contribution in [2.75, 3.05) is 6.61 Å². The topological polar surface area (TPSA) is 194 Å². The number of rotatable bonds is 5. The summed E-state index contributed by atoms with van der Waals surface area (Å²) in [5, 5.41) is 46.3. The Kier molecular flexibility index (Phi) is 5.24. The second-order valence-corrected chi connectivity index (χ2v) is 5.45. The predicted molar refractivity (Wildman–Crippen MR) is 58.1 cm³/mol. The van der Waals surface area contributed by atoms with Gasteiger partial charge in [0.1, 0.15) is 18.3 Å². The number of ether oxygens (including phenoxy) is 1. The van der Waals surface area contributed by atoms with Gasteiger partial charge in [-0.3, -0.25) is 4.52 Å². The van der Waals surface area contributed by atoms with Crippen LogP contribution in [0.25, 0.3) is 0 Å². The van der Waals surface area contributed by atoms with Crippen LogP contribution < -0.4 is 0 Å². The Labute approximate surface area is 112 Å². The molecule has 7 N–H and O–H groups in total. The lowest BCUT2D eigenvalue weighted by molar-refractivity contribution is -0.306. The summed E-state index contributed by atoms with van der Waals surface area (Å²) in [6, 6.07) is 0. The van der Waals surface area contributed by atoms with E-state index in [1.165, 1.54) is 0 Å². The Bertz CT molecular complexity index is 407. The molecule has 20 heavy (non-hydrogen) atoms. The van der Waals surface area contributed by atoms with E-state index in [1.807, 2.05) is 0 Å². The Hall–Kier alpha value is -0.620. The van der Waals surface area contributed by atoms with Crippen LogP contribution in [0.5, 0.6) is 0 Å². The molecule has 0 aromatic rings. The van der Waals surface area contributed by atoms with E-state index < -0.39 is 57.0 Å². The van der Waals surface area contributed by atoms with Crippen molar-refractivity contribution in [3.63, 3.8) is 0 Å². The van der Waals surface area contributed by atoms with Gasteiger partial charge in [0, 0.05) is 6.42 Å². The number of carbonyl (C=O) groups is 1. The van der Waals surface area contributed by atoms with Crippen molar-refractivity contribution in [2.45, 2.75) is 36.6 Å². The van der Waals surface area contributed by atoms with Crippen LogP contribution in [-0.2, 0) is 18.6 Å². The zero-order valence-electron chi connectivity index (χ0n) is 9.93. The standard InChI is InChI=1S/C8H15O11P/c9-2-4(11)5-6(19-20(15,16)17)3(10)1-8(14,18-5)7(12)13/h3-6,9-11,14H,1-2H2,(H,12,13)(H2,15,16,17)/t3-,4?,5-,6-,8-/m1/s1. The van der Waals surface area contributed by atoms with Crippen molar-refractivity contribution in [2.24, 2.45) is 0 Å². The van der Waals surface area contributed by atoms with Gasteiger partial charge in [0.15, 0.2) is 0 Å². The number of phosphoric ester groups is 1. The molecule has 0 radical (unpaired) electrons. The van der Waals surface area contributed by atoms with E-state index in [-0.39, 0.29) is 0 Å². The molecular weight excluding hydrogens is 303 g/mol. The van der Waals surface area contributed by atoms with Crippen molar-refractivity contribution in [1.82, 2.24) is 0 Å². The maximum absolute atomic E-state index is 10.8. The lowest BCUT2D eigenvalue weighted by Gasteiger charge is -2.43. The first-order chi connectivity index (χ1) is 9.00. The van der Waals surface area contributed by atoms with Crippen molar-refractivity contribution >= 4 is 13.8 Å². The zero-order chi connectivity index (χ0) is 15.7. The molecule has 11 nitrogen and oxygen atoms in total. The molecular formula is C8H15O11P. The number of aliphatic hydroxyl groups is 4. The number of hydrogen-bond donors (Lipinski definition) is 7. The molecule has 12 heteroatoms. The fourth-order valence-corrected chi connectivity index (χ4v) is 2.36. The van der Waals surface area contributed by atoms with Gasteiger partial charge in [0.05, 0.1) is 12.7 Å². The van der Waals surface area contributed by atoms with E-state index in [4.69, 9.17) is 20.0 Å². The third-order valence-electron chi connectivity index (χ3n) is 2.68. The molecule has 0 aromatic heterocycles. The van der Waals surface area contributed by atoms with Gasteiger partial charge in [-0.25, -0.2) is 9.36 Å². The van der Waals surface area contributed by atoms with Gasteiger partial charge in [0.25, 0.3) is 5.79 Å². The first-order valence-electron chi connectivity index (χ1n) is 5.34. The molecule has 1 aliphatic rings. The molecule has 118 valence electrons. The Balaban J connectivity index is 3.05. The number of carboxylic acid groups (broad SMARTS) is 1. The van der Waals surface area contributed by atoms with Crippen LogP contribution >= 0.6 is 7.82 Å². The fraction of sp³-hybridized carbons (Fsp3) is 0.875. The summed E-state index contributed by atoms with van der Waals surface area (Å²) < 4.78 is 19.6. The molecule has 1 aliphatic heterocycles. The summed E-state index contributed by atoms with van der Waals surface area (Å²) in [6.07, 6.45) is -8.34. The van der Waals surface area contributed by atoms with Crippen LogP contribution in [-0.4, -0.2) is 78.1 Å². The summed E-state index contributed by atoms with van der Waals surface area (Å²) in [4.78, 5) is 28.2. The summed E-state index contributed by atoms with van der Waals surface area (Å²) in [5.74, 6) is -4.75. The van der Waals surface area contributed by atoms with E-state index in [1.54, 1.807) is 0 Å². The second-order valence-electron chi connectivity index (χ2n) is 4.25. The summed E-state index contributed by atoms with van der Waals surface area (Å²) in [7, 11) is -5.09. The quantitative estimate of drug-likeness (QED) is 0.251. The van der Waals surface area contributed by atoms with E-state index >= 15 is 0 Å². The first kappa shape index (κ1) is 17.4. The number of carboxylic acids is 1. The number of aliphatic carboxylic acids is 1. The lowest BCUT2D eigenvalue weighted by atomic mass is 9.93. The zero-order valence-corrected chi connectivity index (χ0v) is 10.8. The van der Waals surface area contributed by atoms with E-state index in [2.05, 4.69) is 9.26 Å². The third kappa shape index (κ3) is 3.95. The molecule has 0 saturated carbocycles. The van der Waals surface area contributed by atoms with Crippen molar-refractivity contribution < 1.29 is 53.9 Å². The van der Waals surface area contributed by atoms with Gasteiger partial charge in [0.2, 0.25) is 0 Å². The smallest absolute Gasteiger partial charge is 0.470 e. The highest BCUT2D eigenvalue weighted by atomic mass is 31.2. The number of phosphoric acid groups is 1. The maximum atomic E-state index is 10.8. The Morgan fingerprint density at radius 1 is 1.50 bits per heavy atom. The Morgan fingerprint density at radius 3 is 2.45 bits per heavy atom. The minimum absolute atomic E-state index is 0.943. The second kappa shape index (κ2) is 6.02. The van der Waals surface area contributed by atoms with Crippen LogP contribution in [0.15, 0.2) is 0 Å². The van der Waals surface area contributed by atoms with Crippen molar-refractivity contribution in [1.29, 1.82) is 0 Å². The van der Waals surface area contributed by atoms with Gasteiger partial charge < -0.3 is 40.1 Å². The molecule has 0 aliphatic carbocycles. The van der Waals surface area contributed by atoms with Crippen LogP contribution in [0.1, 0.15) is 6.42 Å². The fourth-order valence-electron chi connectivity index (χ4n) is 1.79. The van der Waals surface area contributed by atoms with Crippen LogP contribution in [0.4, 0.5) is 0 Å². The normalized spacial score (nSPS) is 36.6. The van der Waals surface area contributed by atoms with Gasteiger partial charge in [-0.15, -0.1) is 0 Å². The maximum Gasteiger partial charge on any atom is 0.470 e. The highest BCUT2D eigenvalue weighted by Gasteiger charge is 2.54. The number of aliphatic hydroxyl groups excluding tert-OH is 3. The van der Waals surface area contributed by atoms with Crippen LogP contribution in [0.3, 0.4) is 0 Å². The summed E-state index contributed by atoms with van der Waals surface area (Å²) in [5.41, 5.74) is 0. The monoisotopic (exact) mass is 318 g/mol. The minimum Gasteiger partial charge on any atom is -0.477 e. The predicted octanol–water partition coefficient (Wildman–Crippen LogP) is -3.26. The average Bonchev–Trinajstić information content (AvgIpc) is 2.30. The third-order valence-corrected chi connectivity index (χ3v) is 3.20. The molecule has 0 spiro atoms. The Morgan fingerprint density at radius 2 is 2.05 bits per heavy atom. The molecule has 1 fully saturated rings. The van der Waals surface area contributed by atoms with Crippen LogP contribution in [0, 0.1) is 0 Å². The van der Waals surface area contributed by atoms with Gasteiger partial charge in [-0.1, -0.05) is 0 Å². The molecule has 0 bridgehead atoms. The lowest BCUT2D eigenvalue weighted by Crippen LogP contribution is -2.62. The molecule has 0 amide bonds. The molecule has 1 unspecified atom stereocenters. The van der Waals surface area contributed by atoms with E-state index in [0.717, 1.165) is 0 Å². The van der Waals surface area contributed by atoms with E-state index in [0.29, 0.717) is 0 Å². The van der Waals surface area contributed by atoms with Gasteiger partial charge >= 0.3 is 13.8 Å². The number of hydrogen-bond acceptors (Lipinski definition) is 8. The molecule has 1 rings (SSSR count). The SMILES string of the molecule is O=C(O)[C@@]1(O)C[C@@H](O)[C@@H](OP(=O)(O)O)[C@@H](C(O)CO)O1. The molecule has 1 saturated heterocycles. The van der Waals surface area contributed by atoms with E-state index in [9.17, 15) is 24.7 Å². The molecule has 0 aromatic carbocycles. The highest BCUT2D eigenvalue weighted by molar-refractivity contribution is 7.46. The van der Waals surface area contributed by atoms with Crippen molar-refractivity contribution in [3.8, 4) is 0 Å². The first-order valence-corrected chi connectivity index (χ1v) is 6.87. The highest BCUT2D eigenvalue weighted by Crippen LogP contribution is 2.43. The molecule has 5 atom stereocenters. The molecule has 1 heterocycles. The largest absolute Gasteiger partial charge is 0.477 e. The van der Waals surface area contributed by atoms with Gasteiger partial charge in [-0.05, 0) is 0 Å².